The standard InChI is InChI=1S/C20H14ClN3O2/c21-15-8-5-14(6-9-15)19-11-16(24-26-19)12-22-20(25)18-10-7-13-3-1-2-4-17(13)23-18/h1-11H,12H2,(H,22,25). The van der Waals surface area contributed by atoms with Crippen LogP contribution in [0.1, 0.15) is 16.2 Å². The van der Waals surface area contributed by atoms with Gasteiger partial charge in [-0.2, -0.15) is 0 Å². The smallest absolute Gasteiger partial charge is 0.270 e. The number of amides is 1. The van der Waals surface area contributed by atoms with Crippen molar-refractivity contribution < 1.29 is 9.32 Å². The van der Waals surface area contributed by atoms with Crippen LogP contribution in [0.4, 0.5) is 0 Å². The van der Waals surface area contributed by atoms with E-state index < -0.39 is 0 Å². The Morgan fingerprint density at radius 2 is 1.85 bits per heavy atom. The Bertz CT molecular complexity index is 1070. The van der Waals surface area contributed by atoms with Crippen LogP contribution in [0.15, 0.2) is 71.3 Å². The molecule has 5 nitrogen and oxygen atoms in total. The second kappa shape index (κ2) is 6.98. The first kappa shape index (κ1) is 16.3. The molecule has 6 heteroatoms. The number of para-hydroxylation sites is 1. The van der Waals surface area contributed by atoms with E-state index in [1.807, 2.05) is 42.5 Å². The molecule has 0 aliphatic carbocycles. The summed E-state index contributed by atoms with van der Waals surface area (Å²) in [7, 11) is 0. The van der Waals surface area contributed by atoms with Gasteiger partial charge in [0.1, 0.15) is 11.4 Å². The van der Waals surface area contributed by atoms with Crippen LogP contribution in [-0.2, 0) is 6.54 Å². The van der Waals surface area contributed by atoms with Gasteiger partial charge in [0.25, 0.3) is 5.91 Å². The van der Waals surface area contributed by atoms with Crippen molar-refractivity contribution in [1.29, 1.82) is 0 Å². The summed E-state index contributed by atoms with van der Waals surface area (Å²) >= 11 is 5.88. The maximum atomic E-state index is 12.3. The Balaban J connectivity index is 1.45. The Morgan fingerprint density at radius 3 is 2.69 bits per heavy atom. The van der Waals surface area contributed by atoms with Crippen LogP contribution in [0.5, 0.6) is 0 Å². The first-order chi connectivity index (χ1) is 12.7. The number of carbonyl (C=O) groups excluding carboxylic acids is 1. The average molecular weight is 364 g/mol. The van der Waals surface area contributed by atoms with Crippen LogP contribution >= 0.6 is 11.6 Å². The maximum absolute atomic E-state index is 12.3. The molecule has 4 rings (SSSR count). The largest absolute Gasteiger partial charge is 0.356 e. The molecule has 0 fully saturated rings. The Morgan fingerprint density at radius 1 is 1.04 bits per heavy atom. The summed E-state index contributed by atoms with van der Waals surface area (Å²) in [6, 6.07) is 20.3. The van der Waals surface area contributed by atoms with Crippen molar-refractivity contribution in [1.82, 2.24) is 15.5 Å². The minimum atomic E-state index is -0.258. The third kappa shape index (κ3) is 3.43. The fourth-order valence-corrected chi connectivity index (χ4v) is 2.73. The van der Waals surface area contributed by atoms with Gasteiger partial charge in [-0.15, -0.1) is 0 Å². The van der Waals surface area contributed by atoms with Gasteiger partial charge in [0.05, 0.1) is 12.1 Å². The fraction of sp³-hybridized carbons (Fsp3) is 0.0500. The minimum Gasteiger partial charge on any atom is -0.356 e. The summed E-state index contributed by atoms with van der Waals surface area (Å²) in [5.41, 5.74) is 2.65. The molecular weight excluding hydrogens is 350 g/mol. The quantitative estimate of drug-likeness (QED) is 0.580. The molecule has 4 aromatic rings. The molecule has 0 radical (unpaired) electrons. The predicted molar refractivity (Wildman–Crippen MR) is 99.9 cm³/mol. The Labute approximate surface area is 154 Å². The van der Waals surface area contributed by atoms with Crippen molar-refractivity contribution in [3.63, 3.8) is 0 Å². The number of halogens is 1. The number of aromatic nitrogens is 2. The van der Waals surface area contributed by atoms with E-state index in [4.69, 9.17) is 16.1 Å². The first-order valence-electron chi connectivity index (χ1n) is 8.04. The number of pyridine rings is 1. The van der Waals surface area contributed by atoms with Crippen molar-refractivity contribution in [2.24, 2.45) is 0 Å². The third-order valence-corrected chi connectivity index (χ3v) is 4.20. The topological polar surface area (TPSA) is 68.0 Å². The van der Waals surface area contributed by atoms with Crippen LogP contribution < -0.4 is 5.32 Å². The van der Waals surface area contributed by atoms with Gasteiger partial charge in [0.2, 0.25) is 0 Å². The van der Waals surface area contributed by atoms with Crippen LogP contribution in [0.25, 0.3) is 22.2 Å². The van der Waals surface area contributed by atoms with E-state index in [1.54, 1.807) is 24.3 Å². The zero-order valence-electron chi connectivity index (χ0n) is 13.6. The van der Waals surface area contributed by atoms with Crippen molar-refractivity contribution in [2.75, 3.05) is 0 Å². The van der Waals surface area contributed by atoms with E-state index in [-0.39, 0.29) is 12.5 Å². The second-order valence-corrected chi connectivity index (χ2v) is 6.20. The molecule has 1 amide bonds. The van der Waals surface area contributed by atoms with E-state index in [0.717, 1.165) is 16.5 Å². The van der Waals surface area contributed by atoms with Crippen molar-refractivity contribution >= 4 is 28.4 Å². The van der Waals surface area contributed by atoms with E-state index >= 15 is 0 Å². The van der Waals surface area contributed by atoms with Crippen molar-refractivity contribution in [3.05, 3.63) is 83.1 Å². The zero-order valence-corrected chi connectivity index (χ0v) is 14.4. The molecule has 0 atom stereocenters. The number of hydrogen-bond acceptors (Lipinski definition) is 4. The van der Waals surface area contributed by atoms with Crippen LogP contribution in [0.2, 0.25) is 5.02 Å². The molecule has 0 bridgehead atoms. The van der Waals surface area contributed by atoms with Crippen LogP contribution in [-0.4, -0.2) is 16.0 Å². The Hall–Kier alpha value is -3.18. The molecule has 128 valence electrons. The normalized spacial score (nSPS) is 10.8. The summed E-state index contributed by atoms with van der Waals surface area (Å²) in [6.45, 7) is 0.254. The maximum Gasteiger partial charge on any atom is 0.270 e. The summed E-state index contributed by atoms with van der Waals surface area (Å²) < 4.78 is 5.33. The van der Waals surface area contributed by atoms with E-state index in [9.17, 15) is 4.79 Å². The van der Waals surface area contributed by atoms with Crippen LogP contribution in [0.3, 0.4) is 0 Å². The lowest BCUT2D eigenvalue weighted by atomic mass is 10.1. The molecule has 0 saturated heterocycles. The van der Waals surface area contributed by atoms with E-state index in [0.29, 0.717) is 22.2 Å². The number of hydrogen-bond donors (Lipinski definition) is 1. The summed E-state index contributed by atoms with van der Waals surface area (Å²) in [5.74, 6) is 0.363. The lowest BCUT2D eigenvalue weighted by Gasteiger charge is -2.03. The van der Waals surface area contributed by atoms with Gasteiger partial charge < -0.3 is 9.84 Å². The molecule has 0 unspecified atom stereocenters. The lowest BCUT2D eigenvalue weighted by Crippen LogP contribution is -2.23. The van der Waals surface area contributed by atoms with Gasteiger partial charge in [-0.25, -0.2) is 4.98 Å². The highest BCUT2D eigenvalue weighted by Crippen LogP contribution is 2.22. The average Bonchev–Trinajstić information content (AvgIpc) is 3.15. The van der Waals surface area contributed by atoms with Gasteiger partial charge >= 0.3 is 0 Å². The van der Waals surface area contributed by atoms with Gasteiger partial charge in [-0.05, 0) is 36.4 Å². The van der Waals surface area contributed by atoms with E-state index in [1.165, 1.54) is 0 Å². The van der Waals surface area contributed by atoms with Crippen LogP contribution in [0, 0.1) is 0 Å². The number of rotatable bonds is 4. The molecule has 0 saturated carbocycles. The molecule has 1 N–H and O–H groups in total. The van der Waals surface area contributed by atoms with Gasteiger partial charge in [-0.3, -0.25) is 4.79 Å². The van der Waals surface area contributed by atoms with Gasteiger partial charge in [0, 0.05) is 22.0 Å². The highest BCUT2D eigenvalue weighted by atomic mass is 35.5. The number of carbonyl (C=O) groups is 1. The predicted octanol–water partition coefficient (Wildman–Crippen LogP) is 4.47. The summed E-state index contributed by atoms with van der Waals surface area (Å²) in [6.07, 6.45) is 0. The molecule has 26 heavy (non-hydrogen) atoms. The van der Waals surface area contributed by atoms with Gasteiger partial charge in [-0.1, -0.05) is 41.0 Å². The molecule has 0 spiro atoms. The lowest BCUT2D eigenvalue weighted by molar-refractivity contribution is 0.0945. The monoisotopic (exact) mass is 363 g/mol. The highest BCUT2D eigenvalue weighted by Gasteiger charge is 2.11. The molecule has 0 aliphatic rings. The first-order valence-corrected chi connectivity index (χ1v) is 8.42. The number of fused-ring (bicyclic) bond motifs is 1. The molecule has 2 aromatic carbocycles. The zero-order chi connectivity index (χ0) is 17.9. The number of benzene rings is 2. The number of nitrogens with zero attached hydrogens (tertiary/aromatic N) is 2. The van der Waals surface area contributed by atoms with E-state index in [2.05, 4.69) is 15.5 Å². The SMILES string of the molecule is O=C(NCc1cc(-c2ccc(Cl)cc2)on1)c1ccc2ccccc2n1. The van der Waals surface area contributed by atoms with Gasteiger partial charge in [0.15, 0.2) is 5.76 Å². The highest BCUT2D eigenvalue weighted by molar-refractivity contribution is 6.30. The van der Waals surface area contributed by atoms with Crippen molar-refractivity contribution in [3.8, 4) is 11.3 Å². The fourth-order valence-electron chi connectivity index (χ4n) is 2.60. The molecule has 2 heterocycles. The summed E-state index contributed by atoms with van der Waals surface area (Å²) in [5, 5.41) is 8.45. The molecular formula is C20H14ClN3O2. The Kier molecular flexibility index (Phi) is 4.37. The summed E-state index contributed by atoms with van der Waals surface area (Å²) in [4.78, 5) is 16.7. The molecule has 2 aromatic heterocycles. The third-order valence-electron chi connectivity index (χ3n) is 3.95. The van der Waals surface area contributed by atoms with Crippen molar-refractivity contribution in [2.45, 2.75) is 6.54 Å². The minimum absolute atomic E-state index is 0.254. The second-order valence-electron chi connectivity index (χ2n) is 5.76. The number of nitrogens with one attached hydrogen (secondary N) is 1. The molecule has 0 aliphatic heterocycles.